The van der Waals surface area contributed by atoms with Gasteiger partial charge in [0, 0.05) is 39.0 Å². The summed E-state index contributed by atoms with van der Waals surface area (Å²) in [4.78, 5) is 65.3. The maximum absolute atomic E-state index is 13.7. The van der Waals surface area contributed by atoms with Crippen LogP contribution >= 0.6 is 0 Å². The number of allylic oxidation sites excluding steroid dienone is 3. The van der Waals surface area contributed by atoms with Crippen LogP contribution in [0.5, 0.6) is 0 Å². The number of methoxy groups -OCH3 is 2. The van der Waals surface area contributed by atoms with Gasteiger partial charge in [-0.25, -0.2) is 4.79 Å². The van der Waals surface area contributed by atoms with Crippen LogP contribution in [0, 0.1) is 29.6 Å². The van der Waals surface area contributed by atoms with Crippen LogP contribution in [0.1, 0.15) is 99.3 Å². The van der Waals surface area contributed by atoms with Crippen molar-refractivity contribution in [3.63, 3.8) is 0 Å². The number of hydrogen-bond acceptors (Lipinski definition) is 10. The monoisotopic (exact) mass is 691 g/mol. The van der Waals surface area contributed by atoms with Gasteiger partial charge >= 0.3 is 5.97 Å². The van der Waals surface area contributed by atoms with E-state index in [1.807, 2.05) is 39.8 Å². The molecule has 49 heavy (non-hydrogen) atoms. The number of ether oxygens (including phenoxy) is 3. The molecule has 2 fully saturated rings. The number of aldehydes is 1. The fourth-order valence-electron chi connectivity index (χ4n) is 7.41. The molecule has 0 unspecified atom stereocenters. The highest BCUT2D eigenvalue weighted by molar-refractivity contribution is 6.24. The molecule has 0 bridgehead atoms. The maximum Gasteiger partial charge on any atom is 0.329 e. The molecule has 11 nitrogen and oxygen atoms in total. The lowest BCUT2D eigenvalue weighted by Gasteiger charge is -2.36. The Labute approximate surface area is 292 Å². The summed E-state index contributed by atoms with van der Waals surface area (Å²) in [5.74, 6) is -2.72. The molecule has 11 atom stereocenters. The van der Waals surface area contributed by atoms with Gasteiger partial charge in [0.25, 0.3) is 5.91 Å². The molecular weight excluding hydrogens is 630 g/mol. The largest absolute Gasteiger partial charge is 0.460 e. The predicted molar refractivity (Wildman–Crippen MR) is 185 cm³/mol. The van der Waals surface area contributed by atoms with Gasteiger partial charge in [-0.15, -0.1) is 0 Å². The van der Waals surface area contributed by atoms with Crippen molar-refractivity contribution in [2.75, 3.05) is 20.8 Å². The van der Waals surface area contributed by atoms with Gasteiger partial charge in [-0.2, -0.15) is 0 Å². The molecule has 278 valence electrons. The first kappa shape index (κ1) is 42.4. The van der Waals surface area contributed by atoms with Gasteiger partial charge < -0.3 is 29.3 Å². The lowest BCUT2D eigenvalue weighted by atomic mass is 9.78. The molecule has 11 heteroatoms. The molecule has 0 aromatic carbocycles. The topological polar surface area (TPSA) is 157 Å². The van der Waals surface area contributed by atoms with Crippen LogP contribution in [-0.4, -0.2) is 102 Å². The van der Waals surface area contributed by atoms with Crippen molar-refractivity contribution in [1.29, 1.82) is 0 Å². The third-order valence-electron chi connectivity index (χ3n) is 10.4. The van der Waals surface area contributed by atoms with Crippen LogP contribution in [0.2, 0.25) is 0 Å². The minimum atomic E-state index is -1.25. The third-order valence-corrected chi connectivity index (χ3v) is 10.4. The number of Topliss-reactive ketones (excluding diaryl/α,β-unsaturated/α-hetero) is 2. The number of hydrogen-bond donors (Lipinski definition) is 2. The van der Waals surface area contributed by atoms with E-state index in [0.29, 0.717) is 50.5 Å². The number of ketones is 2. The fraction of sp³-hybridized carbons (Fsp3) is 0.763. The highest BCUT2D eigenvalue weighted by atomic mass is 16.5. The van der Waals surface area contributed by atoms with E-state index in [9.17, 15) is 34.2 Å². The minimum absolute atomic E-state index is 0.0994. The first-order chi connectivity index (χ1) is 23.2. The summed E-state index contributed by atoms with van der Waals surface area (Å²) < 4.78 is 17.0. The zero-order valence-corrected chi connectivity index (χ0v) is 30.8. The summed E-state index contributed by atoms with van der Waals surface area (Å²) >= 11 is 0. The molecule has 1 saturated heterocycles. The number of likely N-dealkylation sites (tertiary alicyclic amines) is 1. The molecule has 1 saturated carbocycles. The second-order valence-corrected chi connectivity index (χ2v) is 14.4. The number of carbonyl (C=O) groups is 5. The zero-order chi connectivity index (χ0) is 36.8. The Morgan fingerprint density at radius 3 is 2.33 bits per heavy atom. The summed E-state index contributed by atoms with van der Waals surface area (Å²) in [6.07, 6.45) is 6.72. The first-order valence-electron chi connectivity index (χ1n) is 17.9. The normalized spacial score (nSPS) is 26.2. The van der Waals surface area contributed by atoms with Gasteiger partial charge in [0.2, 0.25) is 6.29 Å². The van der Waals surface area contributed by atoms with Crippen molar-refractivity contribution in [2.24, 2.45) is 29.6 Å². The van der Waals surface area contributed by atoms with Crippen molar-refractivity contribution >= 4 is 29.7 Å². The van der Waals surface area contributed by atoms with Crippen LogP contribution in [-0.2, 0) is 38.2 Å². The summed E-state index contributed by atoms with van der Waals surface area (Å²) in [6.45, 7) is 11.3. The van der Waals surface area contributed by atoms with E-state index in [0.717, 1.165) is 6.42 Å². The van der Waals surface area contributed by atoms with Crippen molar-refractivity contribution in [3.05, 3.63) is 23.8 Å². The van der Waals surface area contributed by atoms with E-state index in [1.165, 1.54) is 12.0 Å². The van der Waals surface area contributed by atoms with E-state index in [1.54, 1.807) is 27.0 Å². The Kier molecular flexibility index (Phi) is 18.0. The molecule has 1 amide bonds. The third kappa shape index (κ3) is 12.5. The average molecular weight is 692 g/mol. The van der Waals surface area contributed by atoms with Crippen LogP contribution in [0.15, 0.2) is 23.8 Å². The van der Waals surface area contributed by atoms with Crippen LogP contribution < -0.4 is 0 Å². The van der Waals surface area contributed by atoms with Gasteiger partial charge in [-0.05, 0) is 88.5 Å². The summed E-state index contributed by atoms with van der Waals surface area (Å²) in [7, 11) is 2.96. The van der Waals surface area contributed by atoms with Gasteiger partial charge in [-0.1, -0.05) is 45.9 Å². The Morgan fingerprint density at radius 2 is 1.71 bits per heavy atom. The van der Waals surface area contributed by atoms with Crippen LogP contribution in [0.3, 0.4) is 0 Å². The van der Waals surface area contributed by atoms with Crippen molar-refractivity contribution < 1.29 is 48.4 Å². The second-order valence-electron chi connectivity index (χ2n) is 14.4. The van der Waals surface area contributed by atoms with Gasteiger partial charge in [-0.3, -0.25) is 19.2 Å². The molecule has 2 aliphatic rings. The average Bonchev–Trinajstić information content (AvgIpc) is 3.08. The number of aliphatic hydroxyl groups excluding tert-OH is 2. The molecule has 1 heterocycles. The molecular formula is C38H61NO10. The number of carbonyl (C=O) groups excluding carboxylic acids is 5. The number of esters is 1. The summed E-state index contributed by atoms with van der Waals surface area (Å²) in [5.41, 5.74) is 0.424. The molecule has 0 aromatic rings. The molecule has 2 rings (SSSR count). The van der Waals surface area contributed by atoms with Crippen molar-refractivity contribution in [2.45, 2.75) is 136 Å². The predicted octanol–water partition coefficient (Wildman–Crippen LogP) is 4.41. The lowest BCUT2D eigenvalue weighted by Crippen LogP contribution is -2.50. The van der Waals surface area contributed by atoms with Gasteiger partial charge in [0.05, 0.1) is 12.2 Å². The Balaban J connectivity index is 2.23. The SMILES string of the molecule is C/C=C/[C@@H](C)C[C@@H](C)C(=O)[C@H](OC)[C@H](O)/C(C)=C/[C@@H](C)C(=O)C[C@H](OC(=O)[C@@H]1CCCCN1C(=O)C=O)[C@H](C)C[C@@H]1CC[C@@H](O)[C@H](OC)C1. The number of nitrogens with zero attached hydrogens (tertiary/aromatic N) is 1. The number of rotatable bonds is 19. The maximum atomic E-state index is 13.7. The smallest absolute Gasteiger partial charge is 0.329 e. The van der Waals surface area contributed by atoms with Crippen LogP contribution in [0.4, 0.5) is 0 Å². The zero-order valence-electron chi connectivity index (χ0n) is 30.8. The number of piperidine rings is 1. The van der Waals surface area contributed by atoms with E-state index < -0.39 is 48.3 Å². The van der Waals surface area contributed by atoms with Crippen molar-refractivity contribution in [1.82, 2.24) is 4.90 Å². The Morgan fingerprint density at radius 1 is 1.02 bits per heavy atom. The molecule has 0 radical (unpaired) electrons. The Hall–Kier alpha value is -2.73. The number of aliphatic hydroxyl groups is 2. The summed E-state index contributed by atoms with van der Waals surface area (Å²) in [5, 5.41) is 21.4. The quantitative estimate of drug-likeness (QED) is 0.0861. The fourth-order valence-corrected chi connectivity index (χ4v) is 7.41. The van der Waals surface area contributed by atoms with Gasteiger partial charge in [0.1, 0.15) is 30.1 Å². The van der Waals surface area contributed by atoms with E-state index in [4.69, 9.17) is 14.2 Å². The van der Waals surface area contributed by atoms with E-state index in [2.05, 4.69) is 0 Å². The molecule has 2 N–H and O–H groups in total. The Bertz CT molecular complexity index is 1170. The lowest BCUT2D eigenvalue weighted by molar-refractivity contribution is -0.165. The van der Waals surface area contributed by atoms with E-state index >= 15 is 0 Å². The molecule has 1 aliphatic heterocycles. The molecule has 0 spiro atoms. The highest BCUT2D eigenvalue weighted by Gasteiger charge is 2.38. The second kappa shape index (κ2) is 20.8. The highest BCUT2D eigenvalue weighted by Crippen LogP contribution is 2.34. The van der Waals surface area contributed by atoms with Crippen LogP contribution in [0.25, 0.3) is 0 Å². The van der Waals surface area contributed by atoms with E-state index in [-0.39, 0.29) is 60.6 Å². The summed E-state index contributed by atoms with van der Waals surface area (Å²) in [6, 6.07) is -0.902. The van der Waals surface area contributed by atoms with Gasteiger partial charge in [0.15, 0.2) is 5.78 Å². The number of amides is 1. The minimum Gasteiger partial charge on any atom is -0.460 e. The van der Waals surface area contributed by atoms with Crippen molar-refractivity contribution in [3.8, 4) is 0 Å². The first-order valence-corrected chi connectivity index (χ1v) is 17.9. The molecule has 1 aliphatic carbocycles. The molecule has 0 aromatic heterocycles. The standard InChI is InChI=1S/C38H61NO10/c1-9-12-23(2)17-26(5)35(44)37(48-8)36(45)27(6)18-24(3)31(42)21-32(25(4)19-28-14-15-30(41)33(20-28)47-7)49-38(46)29-13-10-11-16-39(29)34(43)22-40/h9,12,18,22-26,28-30,32-33,36-37,41,45H,10-11,13-17,19-21H2,1-8H3/b12-9+,27-18+/t23-,24-,25-,26-,28+,29+,30-,32+,33-,36-,37+/m1/s1.